The van der Waals surface area contributed by atoms with E-state index >= 15 is 0 Å². The second kappa shape index (κ2) is 6.80. The zero-order chi connectivity index (χ0) is 14.7. The predicted octanol–water partition coefficient (Wildman–Crippen LogP) is 5.64. The van der Waals surface area contributed by atoms with E-state index < -0.39 is 0 Å². The van der Waals surface area contributed by atoms with Crippen LogP contribution >= 0.6 is 27.5 Å². The molecule has 1 N–H and O–H groups in total. The first kappa shape index (κ1) is 14.9. The number of aromatic nitrogens is 1. The summed E-state index contributed by atoms with van der Waals surface area (Å²) in [5, 5.41) is 4.10. The fraction of sp³-hybridized carbons (Fsp3) is 0.353. The molecule has 0 atom stereocenters. The molecule has 3 rings (SSSR count). The Hall–Kier alpha value is -1.06. The van der Waals surface area contributed by atoms with Crippen LogP contribution in [0.25, 0.3) is 0 Å². The van der Waals surface area contributed by atoms with Gasteiger partial charge in [0.05, 0.1) is 10.2 Å². The third-order valence-electron chi connectivity index (χ3n) is 4.20. The summed E-state index contributed by atoms with van der Waals surface area (Å²) < 4.78 is 0.858. The number of pyridine rings is 1. The molecule has 1 saturated carbocycles. The van der Waals surface area contributed by atoms with Crippen LogP contribution in [0.2, 0.25) is 5.15 Å². The van der Waals surface area contributed by atoms with Gasteiger partial charge in [-0.2, -0.15) is 0 Å². The Balaban J connectivity index is 1.60. The largest absolute Gasteiger partial charge is 0.381 e. The number of rotatable bonds is 3. The van der Waals surface area contributed by atoms with Crippen LogP contribution < -0.4 is 5.32 Å². The van der Waals surface area contributed by atoms with Crippen molar-refractivity contribution in [2.45, 2.75) is 37.6 Å². The Morgan fingerprint density at radius 3 is 2.48 bits per heavy atom. The molecule has 0 bridgehead atoms. The zero-order valence-electron chi connectivity index (χ0n) is 11.7. The predicted molar refractivity (Wildman–Crippen MR) is 92.0 cm³/mol. The lowest BCUT2D eigenvalue weighted by molar-refractivity contribution is 0.412. The van der Waals surface area contributed by atoms with Crippen LogP contribution in [0.1, 0.15) is 37.2 Å². The van der Waals surface area contributed by atoms with Crippen LogP contribution in [0.15, 0.2) is 47.1 Å². The van der Waals surface area contributed by atoms with Gasteiger partial charge in [0.25, 0.3) is 0 Å². The molecule has 0 aliphatic heterocycles. The van der Waals surface area contributed by atoms with Gasteiger partial charge < -0.3 is 5.32 Å². The third-order valence-corrected chi connectivity index (χ3v) is 5.52. The molecule has 1 aromatic carbocycles. The Morgan fingerprint density at radius 1 is 1.05 bits per heavy atom. The molecule has 1 aromatic heterocycles. The molecule has 1 fully saturated rings. The lowest BCUT2D eigenvalue weighted by atomic mass is 9.82. The van der Waals surface area contributed by atoms with Gasteiger partial charge in [-0.3, -0.25) is 0 Å². The van der Waals surface area contributed by atoms with E-state index in [2.05, 4.69) is 56.6 Å². The topological polar surface area (TPSA) is 24.9 Å². The molecule has 1 heterocycles. The second-order valence-corrected chi connectivity index (χ2v) is 6.72. The SMILES string of the molecule is Clc1nccc(NC2CCC(c3ccccc3)CC2)c1Br. The molecule has 1 aliphatic carbocycles. The summed E-state index contributed by atoms with van der Waals surface area (Å²) in [6, 6.07) is 13.3. The minimum absolute atomic E-state index is 0.512. The van der Waals surface area contributed by atoms with Crippen molar-refractivity contribution in [2.24, 2.45) is 0 Å². The highest BCUT2D eigenvalue weighted by molar-refractivity contribution is 9.10. The number of halogens is 2. The average molecular weight is 366 g/mol. The van der Waals surface area contributed by atoms with Gasteiger partial charge >= 0.3 is 0 Å². The van der Waals surface area contributed by atoms with Crippen LogP contribution in [0.5, 0.6) is 0 Å². The molecule has 0 amide bonds. The fourth-order valence-electron chi connectivity index (χ4n) is 3.05. The van der Waals surface area contributed by atoms with Crippen molar-refractivity contribution < 1.29 is 0 Å². The molecule has 2 aromatic rings. The van der Waals surface area contributed by atoms with Crippen LogP contribution in [0, 0.1) is 0 Å². The summed E-state index contributed by atoms with van der Waals surface area (Å²) in [5.41, 5.74) is 2.52. The van der Waals surface area contributed by atoms with Gasteiger partial charge in [0.1, 0.15) is 5.15 Å². The van der Waals surface area contributed by atoms with Crippen LogP contribution in [0.4, 0.5) is 5.69 Å². The maximum absolute atomic E-state index is 6.04. The van der Waals surface area contributed by atoms with Gasteiger partial charge in [-0.05, 0) is 59.2 Å². The Bertz CT molecular complexity index is 595. The minimum Gasteiger partial charge on any atom is -0.381 e. The second-order valence-electron chi connectivity index (χ2n) is 5.57. The number of benzene rings is 1. The van der Waals surface area contributed by atoms with E-state index in [0.717, 1.165) is 10.2 Å². The normalized spacial score (nSPS) is 22.0. The lowest BCUT2D eigenvalue weighted by Gasteiger charge is -2.30. The highest BCUT2D eigenvalue weighted by Crippen LogP contribution is 2.35. The summed E-state index contributed by atoms with van der Waals surface area (Å²) >= 11 is 9.54. The standard InChI is InChI=1S/C17H18BrClN2/c18-16-15(10-11-20-17(16)19)21-14-8-6-13(7-9-14)12-4-2-1-3-5-12/h1-5,10-11,13-14H,6-9H2,(H,20,21). The maximum Gasteiger partial charge on any atom is 0.145 e. The molecule has 4 heteroatoms. The van der Waals surface area contributed by atoms with Gasteiger partial charge in [-0.25, -0.2) is 4.98 Å². The quantitative estimate of drug-likeness (QED) is 0.712. The molecule has 1 aliphatic rings. The molecule has 0 saturated heterocycles. The van der Waals surface area contributed by atoms with Crippen molar-refractivity contribution in [3.05, 3.63) is 57.8 Å². The van der Waals surface area contributed by atoms with E-state index in [-0.39, 0.29) is 0 Å². The Labute approximate surface area is 139 Å². The molecule has 21 heavy (non-hydrogen) atoms. The summed E-state index contributed by atoms with van der Waals surface area (Å²) in [6.45, 7) is 0. The number of nitrogens with one attached hydrogen (secondary N) is 1. The van der Waals surface area contributed by atoms with Gasteiger partial charge in [0.2, 0.25) is 0 Å². The van der Waals surface area contributed by atoms with Gasteiger partial charge in [0.15, 0.2) is 0 Å². The van der Waals surface area contributed by atoms with Crippen molar-refractivity contribution in [1.82, 2.24) is 4.98 Å². The van der Waals surface area contributed by atoms with E-state index in [1.54, 1.807) is 6.20 Å². The Kier molecular flexibility index (Phi) is 4.81. The molecule has 0 unspecified atom stereocenters. The van der Waals surface area contributed by atoms with Crippen LogP contribution in [-0.4, -0.2) is 11.0 Å². The van der Waals surface area contributed by atoms with Crippen LogP contribution in [-0.2, 0) is 0 Å². The van der Waals surface area contributed by atoms with Crippen molar-refractivity contribution in [3.63, 3.8) is 0 Å². The first-order valence-electron chi connectivity index (χ1n) is 7.35. The fourth-order valence-corrected chi connectivity index (χ4v) is 3.55. The molecule has 110 valence electrons. The van der Waals surface area contributed by atoms with Gasteiger partial charge in [0, 0.05) is 12.2 Å². The van der Waals surface area contributed by atoms with Gasteiger partial charge in [-0.15, -0.1) is 0 Å². The third kappa shape index (κ3) is 3.58. The highest BCUT2D eigenvalue weighted by Gasteiger charge is 2.22. The molecule has 0 spiro atoms. The maximum atomic E-state index is 6.04. The van der Waals surface area contributed by atoms with E-state index in [0.29, 0.717) is 17.1 Å². The van der Waals surface area contributed by atoms with E-state index in [9.17, 15) is 0 Å². The summed E-state index contributed by atoms with van der Waals surface area (Å²) in [4.78, 5) is 4.06. The summed E-state index contributed by atoms with van der Waals surface area (Å²) in [6.07, 6.45) is 6.58. The van der Waals surface area contributed by atoms with E-state index in [1.807, 2.05) is 6.07 Å². The van der Waals surface area contributed by atoms with Crippen molar-refractivity contribution >= 4 is 33.2 Å². The summed E-state index contributed by atoms with van der Waals surface area (Å²) in [5.74, 6) is 0.703. The smallest absolute Gasteiger partial charge is 0.145 e. The van der Waals surface area contributed by atoms with Crippen molar-refractivity contribution in [1.29, 1.82) is 0 Å². The summed E-state index contributed by atoms with van der Waals surface area (Å²) in [7, 11) is 0. The average Bonchev–Trinajstić information content (AvgIpc) is 2.53. The Morgan fingerprint density at radius 2 is 1.76 bits per heavy atom. The number of hydrogen-bond donors (Lipinski definition) is 1. The first-order valence-corrected chi connectivity index (χ1v) is 8.52. The van der Waals surface area contributed by atoms with Gasteiger partial charge in [-0.1, -0.05) is 41.9 Å². The number of hydrogen-bond acceptors (Lipinski definition) is 2. The molecular formula is C17H18BrClN2. The molecule has 0 radical (unpaired) electrons. The number of anilines is 1. The highest BCUT2D eigenvalue weighted by atomic mass is 79.9. The molecule has 2 nitrogen and oxygen atoms in total. The van der Waals surface area contributed by atoms with Crippen molar-refractivity contribution in [3.8, 4) is 0 Å². The monoisotopic (exact) mass is 364 g/mol. The zero-order valence-corrected chi connectivity index (χ0v) is 14.1. The van der Waals surface area contributed by atoms with E-state index in [1.165, 1.54) is 31.2 Å². The lowest BCUT2D eigenvalue weighted by Crippen LogP contribution is -2.25. The van der Waals surface area contributed by atoms with Crippen molar-refractivity contribution in [2.75, 3.05) is 5.32 Å². The number of nitrogens with zero attached hydrogens (tertiary/aromatic N) is 1. The first-order chi connectivity index (χ1) is 10.2. The molecular weight excluding hydrogens is 348 g/mol. The van der Waals surface area contributed by atoms with Crippen LogP contribution in [0.3, 0.4) is 0 Å². The minimum atomic E-state index is 0.512. The van der Waals surface area contributed by atoms with E-state index in [4.69, 9.17) is 11.6 Å².